The van der Waals surface area contributed by atoms with Crippen LogP contribution in [0.15, 0.2) is 11.4 Å². The molecule has 0 spiro atoms. The molecular formula is C7H8N2OS. The van der Waals surface area contributed by atoms with Crippen molar-refractivity contribution in [2.24, 2.45) is 5.73 Å². The number of fused-ring (bicyclic) bond motifs is 1. The third kappa shape index (κ3) is 1.04. The standard InChI is InChI=1S/C7H8N2OS/c8-4-3-6-5(1-2-11-6)9-7(4)10/h1-2,4H,3,8H2,(H,9,10)/t4-/m1/s1. The highest BCUT2D eigenvalue weighted by atomic mass is 32.1. The second kappa shape index (κ2) is 2.32. The lowest BCUT2D eigenvalue weighted by atomic mass is 10.1. The van der Waals surface area contributed by atoms with Gasteiger partial charge in [0.05, 0.1) is 11.7 Å². The molecule has 58 valence electrons. The predicted octanol–water partition coefficient (Wildman–Crippen LogP) is 0.570. The van der Waals surface area contributed by atoms with Crippen LogP contribution in [0.2, 0.25) is 0 Å². The van der Waals surface area contributed by atoms with Crippen LogP contribution in [0.1, 0.15) is 4.88 Å². The maximum absolute atomic E-state index is 11.0. The summed E-state index contributed by atoms with van der Waals surface area (Å²) >= 11 is 1.64. The first kappa shape index (κ1) is 6.82. The van der Waals surface area contributed by atoms with Gasteiger partial charge in [-0.1, -0.05) is 0 Å². The van der Waals surface area contributed by atoms with Gasteiger partial charge in [-0.05, 0) is 11.4 Å². The Hall–Kier alpha value is -0.870. The minimum absolute atomic E-state index is 0.0732. The van der Waals surface area contributed by atoms with Gasteiger partial charge in [-0.2, -0.15) is 0 Å². The number of rotatable bonds is 0. The number of hydrogen-bond donors (Lipinski definition) is 2. The molecule has 0 fully saturated rings. The molecule has 4 heteroatoms. The van der Waals surface area contributed by atoms with Crippen LogP contribution in [0.25, 0.3) is 0 Å². The Morgan fingerprint density at radius 3 is 3.36 bits per heavy atom. The summed E-state index contributed by atoms with van der Waals surface area (Å²) in [4.78, 5) is 12.2. The zero-order valence-corrected chi connectivity index (χ0v) is 6.65. The number of nitrogens with one attached hydrogen (secondary N) is 1. The van der Waals surface area contributed by atoms with Crippen LogP contribution < -0.4 is 11.1 Å². The van der Waals surface area contributed by atoms with Gasteiger partial charge in [0.25, 0.3) is 0 Å². The van der Waals surface area contributed by atoms with Crippen LogP contribution in [-0.2, 0) is 11.2 Å². The maximum Gasteiger partial charge on any atom is 0.241 e. The van der Waals surface area contributed by atoms with Crippen molar-refractivity contribution in [2.45, 2.75) is 12.5 Å². The molecule has 0 aliphatic carbocycles. The van der Waals surface area contributed by atoms with Crippen molar-refractivity contribution in [2.75, 3.05) is 5.32 Å². The summed E-state index contributed by atoms with van der Waals surface area (Å²) < 4.78 is 0. The van der Waals surface area contributed by atoms with Gasteiger partial charge in [-0.15, -0.1) is 11.3 Å². The molecule has 3 N–H and O–H groups in total. The molecule has 0 bridgehead atoms. The smallest absolute Gasteiger partial charge is 0.241 e. The lowest BCUT2D eigenvalue weighted by molar-refractivity contribution is -0.117. The molecule has 0 saturated heterocycles. The van der Waals surface area contributed by atoms with Crippen molar-refractivity contribution >= 4 is 22.9 Å². The number of amides is 1. The Morgan fingerprint density at radius 1 is 1.73 bits per heavy atom. The number of hydrogen-bond acceptors (Lipinski definition) is 3. The second-order valence-electron chi connectivity index (χ2n) is 2.56. The van der Waals surface area contributed by atoms with Crippen LogP contribution in [0, 0.1) is 0 Å². The highest BCUT2D eigenvalue weighted by Crippen LogP contribution is 2.26. The third-order valence-electron chi connectivity index (χ3n) is 1.75. The van der Waals surface area contributed by atoms with E-state index in [-0.39, 0.29) is 11.9 Å². The van der Waals surface area contributed by atoms with E-state index in [9.17, 15) is 4.79 Å². The molecular weight excluding hydrogens is 160 g/mol. The van der Waals surface area contributed by atoms with E-state index in [1.54, 1.807) is 11.3 Å². The van der Waals surface area contributed by atoms with Crippen LogP contribution in [0.3, 0.4) is 0 Å². The Bertz CT molecular complexity index is 294. The maximum atomic E-state index is 11.0. The topological polar surface area (TPSA) is 55.1 Å². The Morgan fingerprint density at radius 2 is 2.55 bits per heavy atom. The first-order valence-corrected chi connectivity index (χ1v) is 4.28. The zero-order chi connectivity index (χ0) is 7.84. The van der Waals surface area contributed by atoms with E-state index < -0.39 is 0 Å². The SMILES string of the molecule is N[C@@H]1Cc2sccc2NC1=O. The van der Waals surface area contributed by atoms with Gasteiger partial charge >= 0.3 is 0 Å². The fraction of sp³-hybridized carbons (Fsp3) is 0.286. The lowest BCUT2D eigenvalue weighted by Gasteiger charge is -2.17. The minimum Gasteiger partial charge on any atom is -0.324 e. The molecule has 2 rings (SSSR count). The average molecular weight is 168 g/mol. The van der Waals surface area contributed by atoms with Crippen molar-refractivity contribution in [3.05, 3.63) is 16.3 Å². The number of anilines is 1. The third-order valence-corrected chi connectivity index (χ3v) is 2.69. The first-order chi connectivity index (χ1) is 5.27. The molecule has 1 aliphatic heterocycles. The molecule has 2 heterocycles. The lowest BCUT2D eigenvalue weighted by Crippen LogP contribution is -2.40. The molecule has 1 aliphatic rings. The molecule has 0 radical (unpaired) electrons. The van der Waals surface area contributed by atoms with Crippen molar-refractivity contribution in [3.63, 3.8) is 0 Å². The van der Waals surface area contributed by atoms with E-state index in [1.807, 2.05) is 11.4 Å². The predicted molar refractivity (Wildman–Crippen MR) is 44.6 cm³/mol. The molecule has 1 aromatic heterocycles. The summed E-state index contributed by atoms with van der Waals surface area (Å²) in [7, 11) is 0. The van der Waals surface area contributed by atoms with Crippen LogP contribution in [0.5, 0.6) is 0 Å². The Kier molecular flexibility index (Phi) is 1.44. The number of nitrogens with two attached hydrogens (primary N) is 1. The number of carbonyl (C=O) groups excluding carboxylic acids is 1. The summed E-state index contributed by atoms with van der Waals surface area (Å²) in [6.07, 6.45) is 0.679. The van der Waals surface area contributed by atoms with Gasteiger partial charge in [0, 0.05) is 11.3 Å². The van der Waals surface area contributed by atoms with E-state index in [0.717, 1.165) is 5.69 Å². The summed E-state index contributed by atoms with van der Waals surface area (Å²) in [6.45, 7) is 0. The molecule has 1 aromatic rings. The summed E-state index contributed by atoms with van der Waals surface area (Å²) in [6, 6.07) is 1.55. The fourth-order valence-corrected chi connectivity index (χ4v) is 2.02. The van der Waals surface area contributed by atoms with Crippen molar-refractivity contribution < 1.29 is 4.79 Å². The Balaban J connectivity index is 2.37. The first-order valence-electron chi connectivity index (χ1n) is 3.40. The highest BCUT2D eigenvalue weighted by Gasteiger charge is 2.22. The summed E-state index contributed by atoms with van der Waals surface area (Å²) in [5.74, 6) is -0.0732. The molecule has 0 saturated carbocycles. The van der Waals surface area contributed by atoms with Gasteiger partial charge in [0.1, 0.15) is 0 Å². The van der Waals surface area contributed by atoms with Crippen LogP contribution in [-0.4, -0.2) is 11.9 Å². The van der Waals surface area contributed by atoms with Gasteiger partial charge < -0.3 is 11.1 Å². The van der Waals surface area contributed by atoms with Crippen molar-refractivity contribution in [3.8, 4) is 0 Å². The van der Waals surface area contributed by atoms with E-state index in [0.29, 0.717) is 6.42 Å². The number of carbonyl (C=O) groups is 1. The van der Waals surface area contributed by atoms with Gasteiger partial charge in [-0.25, -0.2) is 0 Å². The zero-order valence-electron chi connectivity index (χ0n) is 5.83. The summed E-state index contributed by atoms with van der Waals surface area (Å²) in [5, 5.41) is 4.70. The molecule has 1 atom stereocenters. The van der Waals surface area contributed by atoms with Crippen molar-refractivity contribution in [1.82, 2.24) is 0 Å². The van der Waals surface area contributed by atoms with Crippen LogP contribution in [0.4, 0.5) is 5.69 Å². The molecule has 0 unspecified atom stereocenters. The molecule has 11 heavy (non-hydrogen) atoms. The fourth-order valence-electron chi connectivity index (χ4n) is 1.13. The van der Waals surface area contributed by atoms with E-state index >= 15 is 0 Å². The molecule has 3 nitrogen and oxygen atoms in total. The normalized spacial score (nSPS) is 22.6. The van der Waals surface area contributed by atoms with Gasteiger partial charge in [0.15, 0.2) is 0 Å². The van der Waals surface area contributed by atoms with E-state index in [2.05, 4.69) is 5.32 Å². The quantitative estimate of drug-likeness (QED) is 0.595. The van der Waals surface area contributed by atoms with Gasteiger partial charge in [0.2, 0.25) is 5.91 Å². The van der Waals surface area contributed by atoms with E-state index in [1.165, 1.54) is 4.88 Å². The summed E-state index contributed by atoms with van der Waals surface area (Å²) in [5.41, 5.74) is 6.48. The Labute approximate surface area is 68.2 Å². The van der Waals surface area contributed by atoms with E-state index in [4.69, 9.17) is 5.73 Å². The number of thiophene rings is 1. The average Bonchev–Trinajstić information content (AvgIpc) is 2.36. The molecule has 1 amide bonds. The van der Waals surface area contributed by atoms with Crippen LogP contribution >= 0.6 is 11.3 Å². The van der Waals surface area contributed by atoms with Crippen molar-refractivity contribution in [1.29, 1.82) is 0 Å². The monoisotopic (exact) mass is 168 g/mol. The second-order valence-corrected chi connectivity index (χ2v) is 3.56. The largest absolute Gasteiger partial charge is 0.324 e. The highest BCUT2D eigenvalue weighted by molar-refractivity contribution is 7.10. The van der Waals surface area contributed by atoms with Gasteiger partial charge in [-0.3, -0.25) is 4.79 Å². The minimum atomic E-state index is -0.360. The molecule has 0 aromatic carbocycles.